The maximum atomic E-state index is 9.84. The van der Waals surface area contributed by atoms with E-state index in [9.17, 15) is 5.11 Å². The highest BCUT2D eigenvalue weighted by molar-refractivity contribution is 5.01. The molecule has 0 aromatic rings. The molecule has 1 saturated heterocycles. The van der Waals surface area contributed by atoms with Crippen LogP contribution in [0.4, 0.5) is 0 Å². The lowest BCUT2D eigenvalue weighted by atomic mass is 9.90. The molecule has 0 unspecified atom stereocenters. The summed E-state index contributed by atoms with van der Waals surface area (Å²) in [5.74, 6) is 0.182. The van der Waals surface area contributed by atoms with E-state index >= 15 is 0 Å². The van der Waals surface area contributed by atoms with Crippen LogP contribution in [0.5, 0.6) is 0 Å². The summed E-state index contributed by atoms with van der Waals surface area (Å²) in [5, 5.41) is 18.8. The summed E-state index contributed by atoms with van der Waals surface area (Å²) >= 11 is 0. The summed E-state index contributed by atoms with van der Waals surface area (Å²) in [5.41, 5.74) is -0.696. The fraction of sp³-hybridized carbons (Fsp3) is 0.909. The third-order valence-corrected chi connectivity index (χ3v) is 2.85. The molecule has 0 aromatic carbocycles. The van der Waals surface area contributed by atoms with Gasteiger partial charge in [0.25, 0.3) is 0 Å². The van der Waals surface area contributed by atoms with Crippen LogP contribution in [0.25, 0.3) is 0 Å². The molecular weight excluding hydrogens is 178 g/mol. The van der Waals surface area contributed by atoms with Crippen LogP contribution in [0.2, 0.25) is 0 Å². The number of aliphatic hydroxyl groups excluding tert-OH is 1. The van der Waals surface area contributed by atoms with Crippen LogP contribution in [-0.4, -0.2) is 22.9 Å². The van der Waals surface area contributed by atoms with Crippen LogP contribution in [0.1, 0.15) is 40.0 Å². The number of nitrogens with zero attached hydrogens (tertiary/aromatic N) is 1. The van der Waals surface area contributed by atoms with Crippen molar-refractivity contribution in [1.82, 2.24) is 0 Å². The van der Waals surface area contributed by atoms with Gasteiger partial charge in [0.15, 0.2) is 5.60 Å². The molecule has 1 N–H and O–H groups in total. The van der Waals surface area contributed by atoms with Gasteiger partial charge in [-0.1, -0.05) is 13.8 Å². The van der Waals surface area contributed by atoms with Crippen LogP contribution < -0.4 is 0 Å². The Bertz CT molecular complexity index is 234. The highest BCUT2D eigenvalue weighted by atomic mass is 16.5. The van der Waals surface area contributed by atoms with E-state index in [0.29, 0.717) is 0 Å². The third-order valence-electron chi connectivity index (χ3n) is 2.85. The number of rotatable bonds is 2. The van der Waals surface area contributed by atoms with E-state index in [1.165, 1.54) is 0 Å². The Morgan fingerprint density at radius 1 is 1.57 bits per heavy atom. The summed E-state index contributed by atoms with van der Waals surface area (Å²) in [7, 11) is 0. The fourth-order valence-electron chi connectivity index (χ4n) is 1.84. The van der Waals surface area contributed by atoms with Crippen LogP contribution in [0.15, 0.2) is 0 Å². The van der Waals surface area contributed by atoms with E-state index in [2.05, 4.69) is 6.07 Å². The Hall–Kier alpha value is -0.590. The number of nitriles is 1. The van der Waals surface area contributed by atoms with Crippen molar-refractivity contribution < 1.29 is 9.84 Å². The standard InChI is InChI=1S/C11H19NO2/c1-8(2)10(13)9-5-4-6-11(3,7-12)14-9/h8-10,13H,4-6H2,1-3H3/t9-,10+,11+/m0/s1. The van der Waals surface area contributed by atoms with Gasteiger partial charge in [0.2, 0.25) is 0 Å². The van der Waals surface area contributed by atoms with Crippen molar-refractivity contribution in [2.24, 2.45) is 5.92 Å². The maximum absolute atomic E-state index is 9.84. The minimum absolute atomic E-state index is 0.173. The smallest absolute Gasteiger partial charge is 0.151 e. The number of aliphatic hydroxyl groups is 1. The van der Waals surface area contributed by atoms with E-state index in [-0.39, 0.29) is 12.0 Å². The summed E-state index contributed by atoms with van der Waals surface area (Å²) in [6, 6.07) is 2.17. The first kappa shape index (κ1) is 11.5. The molecule has 0 spiro atoms. The first-order valence-electron chi connectivity index (χ1n) is 5.25. The Kier molecular flexibility index (Phi) is 3.52. The highest BCUT2D eigenvalue weighted by Gasteiger charge is 2.36. The second-order valence-electron chi connectivity index (χ2n) is 4.63. The molecule has 80 valence electrons. The van der Waals surface area contributed by atoms with Crippen LogP contribution in [-0.2, 0) is 4.74 Å². The van der Waals surface area contributed by atoms with Crippen molar-refractivity contribution in [1.29, 1.82) is 5.26 Å². The Morgan fingerprint density at radius 2 is 2.21 bits per heavy atom. The predicted molar refractivity (Wildman–Crippen MR) is 53.6 cm³/mol. The van der Waals surface area contributed by atoms with Crippen molar-refractivity contribution in [2.45, 2.75) is 57.8 Å². The van der Waals surface area contributed by atoms with Crippen molar-refractivity contribution in [3.05, 3.63) is 0 Å². The number of ether oxygens (including phenoxy) is 1. The molecule has 14 heavy (non-hydrogen) atoms. The molecule has 1 fully saturated rings. The molecule has 0 amide bonds. The molecule has 3 nitrogen and oxygen atoms in total. The third kappa shape index (κ3) is 2.46. The van der Waals surface area contributed by atoms with Gasteiger partial charge in [-0.15, -0.1) is 0 Å². The predicted octanol–water partition coefficient (Wildman–Crippen LogP) is 1.85. The molecule has 3 heteroatoms. The first-order chi connectivity index (χ1) is 6.48. The van der Waals surface area contributed by atoms with Crippen molar-refractivity contribution in [3.63, 3.8) is 0 Å². The van der Waals surface area contributed by atoms with E-state index in [0.717, 1.165) is 19.3 Å². The Balaban J connectivity index is 2.61. The highest BCUT2D eigenvalue weighted by Crippen LogP contribution is 2.30. The molecule has 1 rings (SSSR count). The van der Waals surface area contributed by atoms with Crippen LogP contribution in [0.3, 0.4) is 0 Å². The Morgan fingerprint density at radius 3 is 2.71 bits per heavy atom. The van der Waals surface area contributed by atoms with E-state index < -0.39 is 11.7 Å². The van der Waals surface area contributed by atoms with Gasteiger partial charge >= 0.3 is 0 Å². The van der Waals surface area contributed by atoms with Gasteiger partial charge in [0.05, 0.1) is 18.3 Å². The quantitative estimate of drug-likeness (QED) is 0.735. The second-order valence-corrected chi connectivity index (χ2v) is 4.63. The zero-order valence-electron chi connectivity index (χ0n) is 9.16. The fourth-order valence-corrected chi connectivity index (χ4v) is 1.84. The van der Waals surface area contributed by atoms with Crippen molar-refractivity contribution >= 4 is 0 Å². The molecule has 0 aromatic heterocycles. The molecule has 0 aliphatic carbocycles. The Labute approximate surface area is 85.7 Å². The monoisotopic (exact) mass is 197 g/mol. The lowest BCUT2D eigenvalue weighted by Crippen LogP contribution is -2.44. The normalized spacial score (nSPS) is 35.3. The van der Waals surface area contributed by atoms with Gasteiger partial charge in [-0.05, 0) is 32.1 Å². The average Bonchev–Trinajstić information content (AvgIpc) is 2.16. The van der Waals surface area contributed by atoms with Gasteiger partial charge in [0, 0.05) is 0 Å². The molecule has 1 aliphatic rings. The topological polar surface area (TPSA) is 53.2 Å². The van der Waals surface area contributed by atoms with Gasteiger partial charge in [-0.25, -0.2) is 0 Å². The van der Waals surface area contributed by atoms with Gasteiger partial charge in [-0.2, -0.15) is 5.26 Å². The lowest BCUT2D eigenvalue weighted by molar-refractivity contribution is -0.140. The van der Waals surface area contributed by atoms with Crippen molar-refractivity contribution in [2.75, 3.05) is 0 Å². The van der Waals surface area contributed by atoms with E-state index in [4.69, 9.17) is 10.00 Å². The SMILES string of the molecule is CC(C)[C@@H](O)[C@@H]1CCC[C@](C)(C#N)O1. The molecule has 0 bridgehead atoms. The summed E-state index contributed by atoms with van der Waals surface area (Å²) in [6.07, 6.45) is 1.95. The van der Waals surface area contributed by atoms with Crippen LogP contribution >= 0.6 is 0 Å². The average molecular weight is 197 g/mol. The molecule has 3 atom stereocenters. The summed E-state index contributed by atoms with van der Waals surface area (Å²) < 4.78 is 5.64. The minimum Gasteiger partial charge on any atom is -0.390 e. The molecule has 1 aliphatic heterocycles. The van der Waals surface area contributed by atoms with Crippen molar-refractivity contribution in [3.8, 4) is 6.07 Å². The van der Waals surface area contributed by atoms with Crippen LogP contribution in [0, 0.1) is 17.2 Å². The summed E-state index contributed by atoms with van der Waals surface area (Å²) in [4.78, 5) is 0. The molecule has 1 heterocycles. The maximum Gasteiger partial charge on any atom is 0.151 e. The molecular formula is C11H19NO2. The van der Waals surface area contributed by atoms with Gasteiger partial charge < -0.3 is 9.84 Å². The first-order valence-corrected chi connectivity index (χ1v) is 5.25. The molecule has 0 radical (unpaired) electrons. The minimum atomic E-state index is -0.696. The second kappa shape index (κ2) is 4.29. The zero-order valence-corrected chi connectivity index (χ0v) is 9.16. The van der Waals surface area contributed by atoms with E-state index in [1.807, 2.05) is 13.8 Å². The summed E-state index contributed by atoms with van der Waals surface area (Å²) in [6.45, 7) is 5.73. The van der Waals surface area contributed by atoms with E-state index in [1.54, 1.807) is 6.92 Å². The lowest BCUT2D eigenvalue weighted by Gasteiger charge is -2.37. The number of hydrogen-bond acceptors (Lipinski definition) is 3. The number of hydrogen-bond donors (Lipinski definition) is 1. The van der Waals surface area contributed by atoms with Gasteiger partial charge in [0.1, 0.15) is 0 Å². The zero-order chi connectivity index (χ0) is 10.8. The largest absolute Gasteiger partial charge is 0.390 e. The molecule has 0 saturated carbocycles. The van der Waals surface area contributed by atoms with Gasteiger partial charge in [-0.3, -0.25) is 0 Å².